The molecule has 2 N–H and O–H groups in total. The van der Waals surface area contributed by atoms with Gasteiger partial charge in [0.2, 0.25) is 0 Å². The maximum atomic E-state index is 5.72. The van der Waals surface area contributed by atoms with Gasteiger partial charge < -0.3 is 24.8 Å². The van der Waals surface area contributed by atoms with Gasteiger partial charge in [0.25, 0.3) is 0 Å². The standard InChI is InChI=1S/C26H43N3O3.HI/c1-4-27-24(28-20-25(14-17-30-3)12-6-7-13-25)29-21-26(15-18-31-19-16-26)22-8-10-23(11-9-22)32-5-2;/h8-11H,4-7,12-21H2,1-3H3,(H2,27,28,29);1H. The fourth-order valence-corrected chi connectivity index (χ4v) is 5.17. The van der Waals surface area contributed by atoms with Crippen LogP contribution in [0, 0.1) is 5.41 Å². The van der Waals surface area contributed by atoms with Crippen molar-refractivity contribution >= 4 is 29.9 Å². The SMILES string of the molecule is CCNC(=NCC1(CCOC)CCCC1)NCC1(c2ccc(OCC)cc2)CCOCC1.I. The number of nitrogens with one attached hydrogen (secondary N) is 2. The average Bonchev–Trinajstić information content (AvgIpc) is 3.30. The van der Waals surface area contributed by atoms with Gasteiger partial charge in [0.1, 0.15) is 5.75 Å². The molecule has 188 valence electrons. The molecule has 0 radical (unpaired) electrons. The Balaban J connectivity index is 0.00000385. The van der Waals surface area contributed by atoms with Gasteiger partial charge >= 0.3 is 0 Å². The molecule has 3 rings (SSSR count). The lowest BCUT2D eigenvalue weighted by Crippen LogP contribution is -2.48. The summed E-state index contributed by atoms with van der Waals surface area (Å²) >= 11 is 0. The van der Waals surface area contributed by atoms with E-state index in [1.807, 2.05) is 6.92 Å². The van der Waals surface area contributed by atoms with Crippen molar-refractivity contribution < 1.29 is 14.2 Å². The van der Waals surface area contributed by atoms with Gasteiger partial charge in [-0.1, -0.05) is 25.0 Å². The predicted molar refractivity (Wildman–Crippen MR) is 146 cm³/mol. The minimum atomic E-state index is 0. The molecule has 6 nitrogen and oxygen atoms in total. The van der Waals surface area contributed by atoms with Crippen LogP contribution in [0.1, 0.15) is 64.4 Å². The van der Waals surface area contributed by atoms with E-state index in [9.17, 15) is 0 Å². The summed E-state index contributed by atoms with van der Waals surface area (Å²) in [7, 11) is 1.80. The van der Waals surface area contributed by atoms with Gasteiger partial charge in [-0.15, -0.1) is 24.0 Å². The first-order valence-corrected chi connectivity index (χ1v) is 12.5. The van der Waals surface area contributed by atoms with E-state index >= 15 is 0 Å². The third kappa shape index (κ3) is 7.99. The summed E-state index contributed by atoms with van der Waals surface area (Å²) in [6.45, 7) is 9.82. The molecule has 7 heteroatoms. The normalized spacial score (nSPS) is 19.5. The van der Waals surface area contributed by atoms with Crippen LogP contribution < -0.4 is 15.4 Å². The van der Waals surface area contributed by atoms with Crippen LogP contribution >= 0.6 is 24.0 Å². The maximum Gasteiger partial charge on any atom is 0.191 e. The summed E-state index contributed by atoms with van der Waals surface area (Å²) in [4.78, 5) is 5.06. The molecular weight excluding hydrogens is 529 g/mol. The summed E-state index contributed by atoms with van der Waals surface area (Å²) < 4.78 is 16.8. The van der Waals surface area contributed by atoms with Gasteiger partial charge in [0, 0.05) is 52.0 Å². The van der Waals surface area contributed by atoms with Crippen molar-refractivity contribution in [3.8, 4) is 5.75 Å². The monoisotopic (exact) mass is 573 g/mol. The van der Waals surface area contributed by atoms with Gasteiger partial charge in [0.05, 0.1) is 6.61 Å². The van der Waals surface area contributed by atoms with E-state index in [1.165, 1.54) is 31.2 Å². The quantitative estimate of drug-likeness (QED) is 0.224. The number of nitrogens with zero attached hydrogens (tertiary/aromatic N) is 1. The number of methoxy groups -OCH3 is 1. The van der Waals surface area contributed by atoms with Crippen molar-refractivity contribution in [2.24, 2.45) is 10.4 Å². The molecule has 1 heterocycles. The fourth-order valence-electron chi connectivity index (χ4n) is 5.17. The number of halogens is 1. The third-order valence-corrected chi connectivity index (χ3v) is 7.24. The van der Waals surface area contributed by atoms with Crippen molar-refractivity contribution in [1.29, 1.82) is 0 Å². The first-order valence-electron chi connectivity index (χ1n) is 12.5. The maximum absolute atomic E-state index is 5.72. The highest BCUT2D eigenvalue weighted by Crippen LogP contribution is 2.41. The number of rotatable bonds is 11. The molecule has 0 bridgehead atoms. The van der Waals surface area contributed by atoms with E-state index in [4.69, 9.17) is 19.2 Å². The second-order valence-corrected chi connectivity index (χ2v) is 9.35. The molecule has 0 spiro atoms. The summed E-state index contributed by atoms with van der Waals surface area (Å²) in [5.74, 6) is 1.85. The minimum Gasteiger partial charge on any atom is -0.494 e. The molecule has 0 aromatic heterocycles. The molecular formula is C26H44IN3O3. The minimum absolute atomic E-state index is 0. The Labute approximate surface area is 217 Å². The zero-order chi connectivity index (χ0) is 22.7. The first kappa shape index (κ1) is 28.2. The van der Waals surface area contributed by atoms with Crippen molar-refractivity contribution in [2.75, 3.05) is 53.2 Å². The van der Waals surface area contributed by atoms with Crippen LogP contribution in [0.5, 0.6) is 5.75 Å². The van der Waals surface area contributed by atoms with Gasteiger partial charge in [-0.25, -0.2) is 0 Å². The third-order valence-electron chi connectivity index (χ3n) is 7.24. The molecule has 2 fully saturated rings. The number of hydrogen-bond donors (Lipinski definition) is 2. The van der Waals surface area contributed by atoms with Crippen molar-refractivity contribution in [2.45, 2.75) is 64.2 Å². The zero-order valence-electron chi connectivity index (χ0n) is 20.8. The van der Waals surface area contributed by atoms with Crippen molar-refractivity contribution in [3.05, 3.63) is 29.8 Å². The fraction of sp³-hybridized carbons (Fsp3) is 0.731. The molecule has 0 atom stereocenters. The number of ether oxygens (including phenoxy) is 3. The van der Waals surface area contributed by atoms with E-state index in [0.717, 1.165) is 70.4 Å². The van der Waals surface area contributed by atoms with Crippen LogP contribution in [0.3, 0.4) is 0 Å². The lowest BCUT2D eigenvalue weighted by Gasteiger charge is -2.38. The molecule has 1 aliphatic carbocycles. The number of aliphatic imine (C=N–C) groups is 1. The summed E-state index contributed by atoms with van der Waals surface area (Å²) in [5, 5.41) is 7.16. The highest BCUT2D eigenvalue weighted by atomic mass is 127. The molecule has 1 aromatic rings. The summed E-state index contributed by atoms with van der Waals surface area (Å²) in [6.07, 6.45) is 8.24. The zero-order valence-corrected chi connectivity index (χ0v) is 23.1. The van der Waals surface area contributed by atoms with E-state index in [2.05, 4.69) is 41.8 Å². The number of hydrogen-bond acceptors (Lipinski definition) is 4. The van der Waals surface area contributed by atoms with Crippen molar-refractivity contribution in [1.82, 2.24) is 10.6 Å². The molecule has 1 aromatic carbocycles. The lowest BCUT2D eigenvalue weighted by molar-refractivity contribution is 0.0513. The second kappa shape index (κ2) is 14.4. The number of benzene rings is 1. The lowest BCUT2D eigenvalue weighted by atomic mass is 9.74. The van der Waals surface area contributed by atoms with E-state index in [-0.39, 0.29) is 29.4 Å². The Bertz CT molecular complexity index is 699. The van der Waals surface area contributed by atoms with Gasteiger partial charge in [0.15, 0.2) is 5.96 Å². The highest BCUT2D eigenvalue weighted by molar-refractivity contribution is 14.0. The van der Waals surface area contributed by atoms with E-state index in [1.54, 1.807) is 7.11 Å². The molecule has 0 unspecified atom stereocenters. The van der Waals surface area contributed by atoms with Crippen LogP contribution in [0.15, 0.2) is 29.3 Å². The Morgan fingerprint density at radius 1 is 1.03 bits per heavy atom. The molecule has 33 heavy (non-hydrogen) atoms. The van der Waals surface area contributed by atoms with Gasteiger partial charge in [-0.05, 0) is 69.1 Å². The molecule has 1 saturated heterocycles. The van der Waals surface area contributed by atoms with E-state index in [0.29, 0.717) is 12.0 Å². The first-order chi connectivity index (χ1) is 15.7. The molecule has 1 saturated carbocycles. The van der Waals surface area contributed by atoms with Crippen LogP contribution in [0.25, 0.3) is 0 Å². The Hall–Kier alpha value is -1.06. The van der Waals surface area contributed by atoms with Gasteiger partial charge in [-0.2, -0.15) is 0 Å². The predicted octanol–water partition coefficient (Wildman–Crippen LogP) is 4.90. The molecule has 1 aliphatic heterocycles. The Morgan fingerprint density at radius 2 is 1.73 bits per heavy atom. The topological polar surface area (TPSA) is 64.1 Å². The smallest absolute Gasteiger partial charge is 0.191 e. The van der Waals surface area contributed by atoms with Crippen LogP contribution in [0.4, 0.5) is 0 Å². The Morgan fingerprint density at radius 3 is 2.33 bits per heavy atom. The second-order valence-electron chi connectivity index (χ2n) is 9.35. The number of guanidine groups is 1. The van der Waals surface area contributed by atoms with Crippen LogP contribution in [0.2, 0.25) is 0 Å². The van der Waals surface area contributed by atoms with Crippen LogP contribution in [-0.2, 0) is 14.9 Å². The average molecular weight is 574 g/mol. The van der Waals surface area contributed by atoms with Crippen LogP contribution in [-0.4, -0.2) is 59.1 Å². The highest BCUT2D eigenvalue weighted by Gasteiger charge is 2.36. The molecule has 0 amide bonds. The molecule has 2 aliphatic rings. The summed E-state index contributed by atoms with van der Waals surface area (Å²) in [5.41, 5.74) is 1.68. The Kier molecular flexibility index (Phi) is 12.3. The van der Waals surface area contributed by atoms with Crippen molar-refractivity contribution in [3.63, 3.8) is 0 Å². The largest absolute Gasteiger partial charge is 0.494 e. The van der Waals surface area contributed by atoms with Gasteiger partial charge in [-0.3, -0.25) is 4.99 Å². The van der Waals surface area contributed by atoms with E-state index < -0.39 is 0 Å². The summed E-state index contributed by atoms with van der Waals surface area (Å²) in [6, 6.07) is 8.63.